The van der Waals surface area contributed by atoms with Crippen molar-refractivity contribution in [2.45, 2.75) is 25.7 Å². The maximum absolute atomic E-state index is 12.1. The summed E-state index contributed by atoms with van der Waals surface area (Å²) in [5.41, 5.74) is 2.37. The fraction of sp³-hybridized carbons (Fsp3) is 0.400. The first kappa shape index (κ1) is 12.8. The van der Waals surface area contributed by atoms with Crippen molar-refractivity contribution in [1.82, 2.24) is 14.9 Å². The fourth-order valence-electron chi connectivity index (χ4n) is 2.71. The number of nitrogens with zero attached hydrogens (tertiary/aromatic N) is 3. The van der Waals surface area contributed by atoms with E-state index in [2.05, 4.69) is 22.1 Å². The number of carbonyl (C=O) groups excluding carboxylic acids is 1. The number of hydrogen-bond acceptors (Lipinski definition) is 4. The first-order chi connectivity index (χ1) is 9.74. The fourth-order valence-corrected chi connectivity index (χ4v) is 2.71. The summed E-state index contributed by atoms with van der Waals surface area (Å²) in [7, 11) is 0. The van der Waals surface area contributed by atoms with Crippen LogP contribution >= 0.6 is 0 Å². The van der Waals surface area contributed by atoms with E-state index in [1.807, 2.05) is 18.0 Å². The second-order valence-electron chi connectivity index (χ2n) is 5.16. The van der Waals surface area contributed by atoms with Gasteiger partial charge in [0.25, 0.3) is 5.91 Å². The highest BCUT2D eigenvalue weighted by atomic mass is 16.3. The topological polar surface area (TPSA) is 59.2 Å². The quantitative estimate of drug-likeness (QED) is 0.841. The number of aromatic nitrogens is 2. The van der Waals surface area contributed by atoms with Gasteiger partial charge in [0.2, 0.25) is 5.76 Å². The van der Waals surface area contributed by atoms with Gasteiger partial charge in [-0.2, -0.15) is 0 Å². The molecule has 104 valence electrons. The predicted octanol–water partition coefficient (Wildman–Crippen LogP) is 2.40. The lowest BCUT2D eigenvalue weighted by atomic mass is 9.89. The van der Waals surface area contributed by atoms with Gasteiger partial charge in [-0.15, -0.1) is 0 Å². The van der Waals surface area contributed by atoms with Gasteiger partial charge >= 0.3 is 0 Å². The van der Waals surface area contributed by atoms with Gasteiger partial charge in [0.05, 0.1) is 6.20 Å². The molecule has 0 radical (unpaired) electrons. The van der Waals surface area contributed by atoms with Crippen molar-refractivity contribution in [3.05, 3.63) is 47.9 Å². The highest BCUT2D eigenvalue weighted by Gasteiger charge is 2.26. The monoisotopic (exact) mass is 271 g/mol. The van der Waals surface area contributed by atoms with Crippen LogP contribution in [0.4, 0.5) is 0 Å². The molecule has 0 spiro atoms. The van der Waals surface area contributed by atoms with Gasteiger partial charge in [0.15, 0.2) is 6.39 Å². The Hall–Kier alpha value is -2.17. The normalized spacial score (nSPS) is 16.4. The zero-order chi connectivity index (χ0) is 13.9. The molecular weight excluding hydrogens is 254 g/mol. The molecule has 1 aliphatic heterocycles. The zero-order valence-electron chi connectivity index (χ0n) is 11.5. The lowest BCUT2D eigenvalue weighted by Crippen LogP contribution is -2.37. The molecule has 2 aromatic rings. The summed E-state index contributed by atoms with van der Waals surface area (Å²) < 4.78 is 5.07. The highest BCUT2D eigenvalue weighted by Crippen LogP contribution is 2.28. The van der Waals surface area contributed by atoms with Crippen molar-refractivity contribution in [2.75, 3.05) is 13.1 Å². The van der Waals surface area contributed by atoms with Crippen LogP contribution in [-0.4, -0.2) is 33.9 Å². The van der Waals surface area contributed by atoms with Crippen LogP contribution in [0, 0.1) is 6.92 Å². The zero-order valence-corrected chi connectivity index (χ0v) is 11.5. The number of piperidine rings is 1. The summed E-state index contributed by atoms with van der Waals surface area (Å²) in [4.78, 5) is 22.0. The molecule has 0 atom stereocenters. The van der Waals surface area contributed by atoms with E-state index in [4.69, 9.17) is 4.42 Å². The van der Waals surface area contributed by atoms with Crippen molar-refractivity contribution in [1.29, 1.82) is 0 Å². The van der Waals surface area contributed by atoms with Crippen molar-refractivity contribution < 1.29 is 9.21 Å². The Kier molecular flexibility index (Phi) is 3.50. The highest BCUT2D eigenvalue weighted by molar-refractivity contribution is 5.91. The number of oxazole rings is 1. The van der Waals surface area contributed by atoms with E-state index in [0.29, 0.717) is 11.7 Å². The Balaban J connectivity index is 1.64. The van der Waals surface area contributed by atoms with Gasteiger partial charge in [0, 0.05) is 25.0 Å². The van der Waals surface area contributed by atoms with Crippen LogP contribution in [0.1, 0.15) is 40.6 Å². The summed E-state index contributed by atoms with van der Waals surface area (Å²) in [5, 5.41) is 0. The number of hydrogen-bond donors (Lipinski definition) is 0. The van der Waals surface area contributed by atoms with E-state index in [9.17, 15) is 4.79 Å². The molecular formula is C15H17N3O2. The molecule has 2 aromatic heterocycles. The molecule has 0 aliphatic carbocycles. The van der Waals surface area contributed by atoms with E-state index in [-0.39, 0.29) is 5.91 Å². The van der Waals surface area contributed by atoms with Crippen LogP contribution in [0.2, 0.25) is 0 Å². The Bertz CT molecular complexity index is 587. The SMILES string of the molecule is Cc1cc(C2CCN(C(=O)c3cnco3)CC2)ccn1. The summed E-state index contributed by atoms with van der Waals surface area (Å²) in [6.45, 7) is 3.52. The summed E-state index contributed by atoms with van der Waals surface area (Å²) >= 11 is 0. The minimum Gasteiger partial charge on any atom is -0.438 e. The Morgan fingerprint density at radius 1 is 1.40 bits per heavy atom. The van der Waals surface area contributed by atoms with Crippen LogP contribution in [0.5, 0.6) is 0 Å². The molecule has 1 amide bonds. The van der Waals surface area contributed by atoms with Crippen molar-refractivity contribution in [2.24, 2.45) is 0 Å². The lowest BCUT2D eigenvalue weighted by Gasteiger charge is -2.31. The summed E-state index contributed by atoms with van der Waals surface area (Å²) in [6, 6.07) is 4.21. The maximum atomic E-state index is 12.1. The van der Waals surface area contributed by atoms with Crippen LogP contribution in [0.3, 0.4) is 0 Å². The van der Waals surface area contributed by atoms with E-state index >= 15 is 0 Å². The number of aryl methyl sites for hydroxylation is 1. The minimum absolute atomic E-state index is 0.0631. The molecule has 0 unspecified atom stereocenters. The first-order valence-electron chi connectivity index (χ1n) is 6.84. The van der Waals surface area contributed by atoms with E-state index in [0.717, 1.165) is 31.6 Å². The molecule has 1 saturated heterocycles. The van der Waals surface area contributed by atoms with Gasteiger partial charge in [0.1, 0.15) is 0 Å². The summed E-state index contributed by atoms with van der Waals surface area (Å²) in [5.74, 6) is 0.769. The van der Waals surface area contributed by atoms with Gasteiger partial charge in [-0.1, -0.05) is 0 Å². The Morgan fingerprint density at radius 2 is 2.20 bits per heavy atom. The lowest BCUT2D eigenvalue weighted by molar-refractivity contribution is 0.0681. The predicted molar refractivity (Wildman–Crippen MR) is 73.4 cm³/mol. The van der Waals surface area contributed by atoms with Crippen molar-refractivity contribution in [3.8, 4) is 0 Å². The van der Waals surface area contributed by atoms with Crippen LogP contribution < -0.4 is 0 Å². The molecule has 1 fully saturated rings. The van der Waals surface area contributed by atoms with Gasteiger partial charge in [-0.05, 0) is 43.4 Å². The summed E-state index contributed by atoms with van der Waals surface area (Å²) in [6.07, 6.45) is 6.57. The average molecular weight is 271 g/mol. The van der Waals surface area contributed by atoms with Gasteiger partial charge in [-0.3, -0.25) is 9.78 Å². The number of rotatable bonds is 2. The van der Waals surface area contributed by atoms with Crippen LogP contribution in [-0.2, 0) is 0 Å². The van der Waals surface area contributed by atoms with Gasteiger partial charge in [-0.25, -0.2) is 4.98 Å². The molecule has 3 heterocycles. The van der Waals surface area contributed by atoms with Crippen molar-refractivity contribution in [3.63, 3.8) is 0 Å². The Labute approximate surface area is 117 Å². The molecule has 1 aliphatic rings. The number of carbonyl (C=O) groups is 1. The molecule has 20 heavy (non-hydrogen) atoms. The standard InChI is InChI=1S/C15H17N3O2/c1-11-8-13(2-5-17-11)12-3-6-18(7-4-12)15(19)14-9-16-10-20-14/h2,5,8-10,12H,3-4,6-7H2,1H3. The third-order valence-electron chi connectivity index (χ3n) is 3.82. The largest absolute Gasteiger partial charge is 0.438 e. The molecule has 0 bridgehead atoms. The molecule has 0 saturated carbocycles. The molecule has 0 aromatic carbocycles. The minimum atomic E-state index is -0.0631. The van der Waals surface area contributed by atoms with Crippen molar-refractivity contribution >= 4 is 5.91 Å². The molecule has 0 N–H and O–H groups in total. The molecule has 3 rings (SSSR count). The molecule has 5 heteroatoms. The van der Waals surface area contributed by atoms with Crippen LogP contribution in [0.25, 0.3) is 0 Å². The van der Waals surface area contributed by atoms with E-state index < -0.39 is 0 Å². The van der Waals surface area contributed by atoms with E-state index in [1.54, 1.807) is 0 Å². The number of pyridine rings is 1. The smallest absolute Gasteiger partial charge is 0.291 e. The second-order valence-corrected chi connectivity index (χ2v) is 5.16. The van der Waals surface area contributed by atoms with E-state index in [1.165, 1.54) is 18.2 Å². The molecule has 5 nitrogen and oxygen atoms in total. The van der Waals surface area contributed by atoms with Gasteiger partial charge < -0.3 is 9.32 Å². The average Bonchev–Trinajstić information content (AvgIpc) is 3.01. The number of likely N-dealkylation sites (tertiary alicyclic amines) is 1. The van der Waals surface area contributed by atoms with Crippen LogP contribution in [0.15, 0.2) is 35.3 Å². The third-order valence-corrected chi connectivity index (χ3v) is 3.82. The second kappa shape index (κ2) is 5.45. The first-order valence-corrected chi connectivity index (χ1v) is 6.84. The maximum Gasteiger partial charge on any atom is 0.291 e. The third kappa shape index (κ3) is 2.57. The number of amides is 1. The Morgan fingerprint density at radius 3 is 2.85 bits per heavy atom.